The van der Waals surface area contributed by atoms with Gasteiger partial charge in [-0.15, -0.1) is 11.3 Å². The van der Waals surface area contributed by atoms with E-state index >= 15 is 0 Å². The molecule has 0 atom stereocenters. The smallest absolute Gasteiger partial charge is 0.293 e. The van der Waals surface area contributed by atoms with Gasteiger partial charge in [0.2, 0.25) is 0 Å². The van der Waals surface area contributed by atoms with Crippen LogP contribution >= 0.6 is 11.3 Å². The highest BCUT2D eigenvalue weighted by molar-refractivity contribution is 7.13. The third-order valence-electron chi connectivity index (χ3n) is 1.76. The van der Waals surface area contributed by atoms with E-state index in [4.69, 9.17) is 4.74 Å². The van der Waals surface area contributed by atoms with E-state index in [2.05, 4.69) is 5.32 Å². The summed E-state index contributed by atoms with van der Waals surface area (Å²) < 4.78 is 4.82. The summed E-state index contributed by atoms with van der Waals surface area (Å²) in [5.41, 5.74) is 0. The molecule has 0 aromatic carbocycles. The Kier molecular flexibility index (Phi) is 5.00. The van der Waals surface area contributed by atoms with Crippen LogP contribution in [-0.4, -0.2) is 32.0 Å². The topological polar surface area (TPSA) is 55.4 Å². The van der Waals surface area contributed by atoms with Crippen molar-refractivity contribution in [2.75, 3.05) is 20.3 Å². The summed E-state index contributed by atoms with van der Waals surface area (Å²) >= 11 is 1.27. The molecule has 0 saturated carbocycles. The van der Waals surface area contributed by atoms with E-state index in [1.807, 2.05) is 0 Å². The molecule has 15 heavy (non-hydrogen) atoms. The molecule has 0 fully saturated rings. The zero-order chi connectivity index (χ0) is 11.1. The van der Waals surface area contributed by atoms with Gasteiger partial charge in [0.1, 0.15) is 0 Å². The molecule has 1 rings (SSSR count). The highest BCUT2D eigenvalue weighted by Gasteiger charge is 2.15. The number of methoxy groups -OCH3 is 1. The summed E-state index contributed by atoms with van der Waals surface area (Å²) in [4.78, 5) is 23.2. The molecule has 1 amide bonds. The first-order valence-electron chi connectivity index (χ1n) is 4.60. The SMILES string of the molecule is COCCCNC(=O)C(=O)c1cccs1. The second-order valence-corrected chi connectivity index (χ2v) is 3.86. The second-order valence-electron chi connectivity index (χ2n) is 2.91. The second kappa shape index (κ2) is 6.31. The lowest BCUT2D eigenvalue weighted by molar-refractivity contribution is -0.117. The van der Waals surface area contributed by atoms with Crippen molar-refractivity contribution in [1.82, 2.24) is 5.32 Å². The van der Waals surface area contributed by atoms with Crippen LogP contribution in [0.25, 0.3) is 0 Å². The molecule has 0 saturated heterocycles. The van der Waals surface area contributed by atoms with Crippen LogP contribution in [0.15, 0.2) is 17.5 Å². The largest absolute Gasteiger partial charge is 0.385 e. The van der Waals surface area contributed by atoms with E-state index in [1.54, 1.807) is 24.6 Å². The van der Waals surface area contributed by atoms with Crippen molar-refractivity contribution in [3.05, 3.63) is 22.4 Å². The maximum absolute atomic E-state index is 11.4. The van der Waals surface area contributed by atoms with Crippen LogP contribution in [0.5, 0.6) is 0 Å². The Morgan fingerprint density at radius 1 is 1.53 bits per heavy atom. The number of hydrogen-bond acceptors (Lipinski definition) is 4. The van der Waals surface area contributed by atoms with Crippen molar-refractivity contribution in [1.29, 1.82) is 0 Å². The summed E-state index contributed by atoms with van der Waals surface area (Å²) in [5, 5.41) is 4.31. The molecule has 0 aliphatic heterocycles. The van der Waals surface area contributed by atoms with Gasteiger partial charge in [0.15, 0.2) is 0 Å². The molecule has 4 nitrogen and oxygen atoms in total. The molecule has 1 N–H and O–H groups in total. The monoisotopic (exact) mass is 227 g/mol. The van der Waals surface area contributed by atoms with Crippen LogP contribution in [0.1, 0.15) is 16.1 Å². The molecule has 5 heteroatoms. The van der Waals surface area contributed by atoms with Gasteiger partial charge >= 0.3 is 0 Å². The van der Waals surface area contributed by atoms with Gasteiger partial charge in [0.05, 0.1) is 4.88 Å². The summed E-state index contributed by atoms with van der Waals surface area (Å²) in [7, 11) is 1.60. The van der Waals surface area contributed by atoms with Crippen molar-refractivity contribution >= 4 is 23.0 Å². The molecular formula is C10H13NO3S. The molecule has 0 bridgehead atoms. The van der Waals surface area contributed by atoms with Crippen LogP contribution in [0, 0.1) is 0 Å². The molecule has 0 radical (unpaired) electrons. The summed E-state index contributed by atoms with van der Waals surface area (Å²) in [6.45, 7) is 1.04. The maximum Gasteiger partial charge on any atom is 0.293 e. The number of ether oxygens (including phenoxy) is 1. The summed E-state index contributed by atoms with van der Waals surface area (Å²) in [6.07, 6.45) is 0.708. The minimum absolute atomic E-state index is 0.462. The molecule has 1 aromatic heterocycles. The lowest BCUT2D eigenvalue weighted by Gasteiger charge is -2.02. The van der Waals surface area contributed by atoms with E-state index in [9.17, 15) is 9.59 Å². The van der Waals surface area contributed by atoms with Gasteiger partial charge in [-0.1, -0.05) is 6.07 Å². The molecular weight excluding hydrogens is 214 g/mol. The van der Waals surface area contributed by atoms with E-state index in [0.717, 1.165) is 0 Å². The van der Waals surface area contributed by atoms with Gasteiger partial charge < -0.3 is 10.1 Å². The lowest BCUT2D eigenvalue weighted by Crippen LogP contribution is -2.31. The molecule has 0 spiro atoms. The van der Waals surface area contributed by atoms with Crippen LogP contribution in [0.3, 0.4) is 0 Å². The quantitative estimate of drug-likeness (QED) is 0.449. The molecule has 0 aliphatic carbocycles. The highest BCUT2D eigenvalue weighted by Crippen LogP contribution is 2.08. The van der Waals surface area contributed by atoms with Crippen molar-refractivity contribution in [2.45, 2.75) is 6.42 Å². The zero-order valence-electron chi connectivity index (χ0n) is 8.49. The number of hydrogen-bond donors (Lipinski definition) is 1. The molecule has 0 aliphatic rings. The Labute approximate surface area is 92.2 Å². The fourth-order valence-electron chi connectivity index (χ4n) is 1.02. The van der Waals surface area contributed by atoms with Gasteiger partial charge in [0.25, 0.3) is 11.7 Å². The Balaban J connectivity index is 2.31. The Bertz CT molecular complexity index is 321. The molecule has 1 heterocycles. The first-order chi connectivity index (χ1) is 7.25. The molecule has 0 unspecified atom stereocenters. The Morgan fingerprint density at radius 3 is 2.93 bits per heavy atom. The first-order valence-corrected chi connectivity index (χ1v) is 5.48. The van der Waals surface area contributed by atoms with E-state index < -0.39 is 11.7 Å². The number of thiophene rings is 1. The predicted octanol–water partition coefficient (Wildman–Crippen LogP) is 1.08. The van der Waals surface area contributed by atoms with E-state index in [-0.39, 0.29) is 0 Å². The van der Waals surface area contributed by atoms with Gasteiger partial charge in [-0.05, 0) is 17.9 Å². The lowest BCUT2D eigenvalue weighted by atomic mass is 10.3. The fraction of sp³-hybridized carbons (Fsp3) is 0.400. The van der Waals surface area contributed by atoms with Crippen molar-refractivity contribution in [3.63, 3.8) is 0 Å². The van der Waals surface area contributed by atoms with Gasteiger partial charge in [-0.25, -0.2) is 0 Å². The summed E-state index contributed by atoms with van der Waals surface area (Å²) in [5.74, 6) is -1.02. The predicted molar refractivity (Wildman–Crippen MR) is 58.2 cm³/mol. The van der Waals surface area contributed by atoms with E-state index in [0.29, 0.717) is 24.4 Å². The normalized spacial score (nSPS) is 9.93. The van der Waals surface area contributed by atoms with Crippen LogP contribution in [-0.2, 0) is 9.53 Å². The minimum atomic E-state index is -0.548. The van der Waals surface area contributed by atoms with Crippen molar-refractivity contribution in [2.24, 2.45) is 0 Å². The number of amides is 1. The minimum Gasteiger partial charge on any atom is -0.385 e. The van der Waals surface area contributed by atoms with Crippen LogP contribution in [0.2, 0.25) is 0 Å². The first kappa shape index (κ1) is 11.9. The van der Waals surface area contributed by atoms with Crippen molar-refractivity contribution < 1.29 is 14.3 Å². The average Bonchev–Trinajstić information content (AvgIpc) is 2.76. The number of carbonyl (C=O) groups excluding carboxylic acids is 2. The molecule has 82 valence electrons. The van der Waals surface area contributed by atoms with Crippen molar-refractivity contribution in [3.8, 4) is 0 Å². The third kappa shape index (κ3) is 3.81. The van der Waals surface area contributed by atoms with Gasteiger partial charge in [0, 0.05) is 20.3 Å². The zero-order valence-corrected chi connectivity index (χ0v) is 9.30. The Morgan fingerprint density at radius 2 is 2.33 bits per heavy atom. The van der Waals surface area contributed by atoms with Crippen LogP contribution < -0.4 is 5.32 Å². The number of nitrogens with one attached hydrogen (secondary N) is 1. The third-order valence-corrected chi connectivity index (χ3v) is 2.63. The van der Waals surface area contributed by atoms with Gasteiger partial charge in [-0.2, -0.15) is 0 Å². The number of ketones is 1. The summed E-state index contributed by atoms with van der Waals surface area (Å²) in [6, 6.07) is 3.39. The number of carbonyl (C=O) groups is 2. The maximum atomic E-state index is 11.4. The number of rotatable bonds is 6. The molecule has 1 aromatic rings. The number of Topliss-reactive ketones (excluding diaryl/α,β-unsaturated/α-hetero) is 1. The van der Waals surface area contributed by atoms with Gasteiger partial charge in [-0.3, -0.25) is 9.59 Å². The average molecular weight is 227 g/mol. The van der Waals surface area contributed by atoms with Crippen LogP contribution in [0.4, 0.5) is 0 Å². The fourth-order valence-corrected chi connectivity index (χ4v) is 1.68. The standard InChI is InChI=1S/C10H13NO3S/c1-14-6-3-5-11-10(13)9(12)8-4-2-7-15-8/h2,4,7H,3,5-6H2,1H3,(H,11,13). The highest BCUT2D eigenvalue weighted by atomic mass is 32.1. The van der Waals surface area contributed by atoms with E-state index in [1.165, 1.54) is 11.3 Å². The Hall–Kier alpha value is -1.20.